The van der Waals surface area contributed by atoms with Crippen molar-refractivity contribution in [2.45, 2.75) is 6.92 Å². The van der Waals surface area contributed by atoms with E-state index < -0.39 is 5.91 Å². The Morgan fingerprint density at radius 3 is 2.42 bits per heavy atom. The Labute approximate surface area is 154 Å². The van der Waals surface area contributed by atoms with Crippen LogP contribution >= 0.6 is 34.8 Å². The summed E-state index contributed by atoms with van der Waals surface area (Å²) in [6, 6.07) is 11.8. The van der Waals surface area contributed by atoms with Crippen molar-refractivity contribution in [3.05, 3.63) is 68.8 Å². The van der Waals surface area contributed by atoms with Crippen LogP contribution in [0.3, 0.4) is 0 Å². The van der Waals surface area contributed by atoms with Gasteiger partial charge in [-0.3, -0.25) is 4.79 Å². The number of nitrogens with zero attached hydrogens (tertiary/aromatic N) is 1. The topological polar surface area (TPSA) is 64.9 Å². The summed E-state index contributed by atoms with van der Waals surface area (Å²) in [4.78, 5) is 12.2. The van der Waals surface area contributed by atoms with Gasteiger partial charge in [0.05, 0.1) is 10.7 Å². The summed E-state index contributed by atoms with van der Waals surface area (Å²) in [7, 11) is 0. The number of hydrogen-bond donors (Lipinski definition) is 2. The van der Waals surface area contributed by atoms with Gasteiger partial charge in [-0.1, -0.05) is 40.9 Å². The quantitative estimate of drug-likeness (QED) is 0.550. The Morgan fingerprint density at radius 1 is 1.08 bits per heavy atom. The third kappa shape index (κ3) is 4.65. The van der Waals surface area contributed by atoms with Crippen molar-refractivity contribution < 1.29 is 4.79 Å². The second-order valence-corrected chi connectivity index (χ2v) is 6.13. The van der Waals surface area contributed by atoms with Crippen LogP contribution in [0.25, 0.3) is 0 Å². The van der Waals surface area contributed by atoms with E-state index in [4.69, 9.17) is 34.8 Å². The second kappa shape index (κ2) is 8.07. The van der Waals surface area contributed by atoms with Gasteiger partial charge in [-0.25, -0.2) is 0 Å². The molecule has 0 saturated carbocycles. The number of rotatable bonds is 4. The number of hydrogen-bond acceptors (Lipinski definition) is 3. The molecule has 2 rings (SSSR count). The molecule has 1 amide bonds. The molecule has 0 aliphatic carbocycles. The van der Waals surface area contributed by atoms with Crippen molar-refractivity contribution in [1.82, 2.24) is 0 Å². The van der Waals surface area contributed by atoms with Crippen LogP contribution < -0.4 is 10.6 Å². The Hall–Kier alpha value is -2.19. The first-order valence-corrected chi connectivity index (χ1v) is 7.93. The number of aryl methyl sites for hydroxylation is 1. The number of benzene rings is 2. The lowest BCUT2D eigenvalue weighted by molar-refractivity contribution is -0.112. The third-order valence-corrected chi connectivity index (χ3v) is 3.90. The van der Waals surface area contributed by atoms with Crippen LogP contribution in [0.15, 0.2) is 48.2 Å². The van der Waals surface area contributed by atoms with Gasteiger partial charge in [0.15, 0.2) is 0 Å². The standard InChI is InChI=1S/C17H12Cl3N3O/c1-10-2-3-13(19)7-16(10)22-9-11(8-21)17(24)23-15-5-4-12(18)6-14(15)20/h2-7,9,22H,1H3,(H,23,24)/b11-9-. The third-order valence-electron chi connectivity index (χ3n) is 3.12. The van der Waals surface area contributed by atoms with Crippen LogP contribution in [0, 0.1) is 18.3 Å². The van der Waals surface area contributed by atoms with E-state index >= 15 is 0 Å². The fourth-order valence-corrected chi connectivity index (χ4v) is 2.46. The Morgan fingerprint density at radius 2 is 1.75 bits per heavy atom. The summed E-state index contributed by atoms with van der Waals surface area (Å²) in [5.41, 5.74) is 1.88. The molecule has 0 aromatic heterocycles. The monoisotopic (exact) mass is 379 g/mol. The predicted octanol–water partition coefficient (Wildman–Crippen LogP) is 5.41. The maximum atomic E-state index is 12.2. The molecule has 0 aliphatic rings. The SMILES string of the molecule is Cc1ccc(Cl)cc1N/C=C(/C#N)C(=O)Nc1ccc(Cl)cc1Cl. The van der Waals surface area contributed by atoms with Gasteiger partial charge < -0.3 is 10.6 Å². The van der Waals surface area contributed by atoms with E-state index in [0.29, 0.717) is 21.4 Å². The first-order valence-electron chi connectivity index (χ1n) is 6.80. The number of halogens is 3. The van der Waals surface area contributed by atoms with Crippen LogP contribution in [0.4, 0.5) is 11.4 Å². The first kappa shape index (κ1) is 18.2. The van der Waals surface area contributed by atoms with Crippen molar-refractivity contribution in [3.8, 4) is 6.07 Å². The van der Waals surface area contributed by atoms with Crippen molar-refractivity contribution in [2.24, 2.45) is 0 Å². The van der Waals surface area contributed by atoms with Gasteiger partial charge in [0.2, 0.25) is 0 Å². The number of anilines is 2. The first-order chi connectivity index (χ1) is 11.4. The van der Waals surface area contributed by atoms with Crippen LogP contribution in [0.5, 0.6) is 0 Å². The minimum atomic E-state index is -0.589. The lowest BCUT2D eigenvalue weighted by Gasteiger charge is -2.08. The van der Waals surface area contributed by atoms with E-state index in [1.165, 1.54) is 12.3 Å². The largest absolute Gasteiger partial charge is 0.360 e. The lowest BCUT2D eigenvalue weighted by atomic mass is 10.2. The molecule has 0 atom stereocenters. The maximum absolute atomic E-state index is 12.2. The van der Waals surface area contributed by atoms with Gasteiger partial charge in [0.25, 0.3) is 5.91 Å². The normalized spacial score (nSPS) is 10.9. The van der Waals surface area contributed by atoms with Gasteiger partial charge in [-0.15, -0.1) is 0 Å². The van der Waals surface area contributed by atoms with Gasteiger partial charge in [-0.2, -0.15) is 5.26 Å². The number of carbonyl (C=O) groups is 1. The Kier molecular flexibility index (Phi) is 6.10. The minimum absolute atomic E-state index is 0.111. The molecule has 0 heterocycles. The number of carbonyl (C=O) groups excluding carboxylic acids is 1. The number of amides is 1. The number of nitrogens with one attached hydrogen (secondary N) is 2. The summed E-state index contributed by atoms with van der Waals surface area (Å²) in [6.07, 6.45) is 1.32. The zero-order chi connectivity index (χ0) is 17.7. The highest BCUT2D eigenvalue weighted by Gasteiger charge is 2.12. The molecule has 2 aromatic rings. The van der Waals surface area contributed by atoms with E-state index in [2.05, 4.69) is 10.6 Å². The molecule has 0 spiro atoms. The van der Waals surface area contributed by atoms with Crippen LogP contribution in [0.2, 0.25) is 15.1 Å². The molecule has 24 heavy (non-hydrogen) atoms. The highest BCUT2D eigenvalue weighted by Crippen LogP contribution is 2.26. The highest BCUT2D eigenvalue weighted by molar-refractivity contribution is 6.36. The zero-order valence-electron chi connectivity index (χ0n) is 12.5. The molecule has 0 unspecified atom stereocenters. The van der Waals surface area contributed by atoms with Crippen LogP contribution in [-0.2, 0) is 4.79 Å². The summed E-state index contributed by atoms with van der Waals surface area (Å²) >= 11 is 17.7. The molecule has 0 fully saturated rings. The fraction of sp³-hybridized carbons (Fsp3) is 0.0588. The molecule has 0 saturated heterocycles. The molecule has 0 bridgehead atoms. The molecule has 0 aliphatic heterocycles. The van der Waals surface area contributed by atoms with Crippen molar-refractivity contribution in [3.63, 3.8) is 0 Å². The summed E-state index contributed by atoms with van der Waals surface area (Å²) in [6.45, 7) is 1.88. The molecule has 0 radical (unpaired) electrons. The fourth-order valence-electron chi connectivity index (χ4n) is 1.83. The van der Waals surface area contributed by atoms with E-state index in [-0.39, 0.29) is 10.6 Å². The Bertz CT molecular complexity index is 857. The summed E-state index contributed by atoms with van der Waals surface area (Å²) in [5, 5.41) is 15.9. The van der Waals surface area contributed by atoms with Gasteiger partial charge in [0.1, 0.15) is 11.6 Å². The molecule has 2 aromatic carbocycles. The average Bonchev–Trinajstić information content (AvgIpc) is 2.54. The summed E-state index contributed by atoms with van der Waals surface area (Å²) < 4.78 is 0. The lowest BCUT2D eigenvalue weighted by Crippen LogP contribution is -2.15. The van der Waals surface area contributed by atoms with Gasteiger partial charge in [-0.05, 0) is 42.8 Å². The molecule has 122 valence electrons. The maximum Gasteiger partial charge on any atom is 0.267 e. The average molecular weight is 381 g/mol. The molecular weight excluding hydrogens is 369 g/mol. The predicted molar refractivity (Wildman–Crippen MR) is 98.6 cm³/mol. The van der Waals surface area contributed by atoms with E-state index in [9.17, 15) is 10.1 Å². The highest BCUT2D eigenvalue weighted by atomic mass is 35.5. The molecule has 4 nitrogen and oxygen atoms in total. The Balaban J connectivity index is 2.16. The van der Waals surface area contributed by atoms with Gasteiger partial charge in [0, 0.05) is 21.9 Å². The van der Waals surface area contributed by atoms with Crippen molar-refractivity contribution in [1.29, 1.82) is 5.26 Å². The molecule has 7 heteroatoms. The van der Waals surface area contributed by atoms with Crippen LogP contribution in [0.1, 0.15) is 5.56 Å². The van der Waals surface area contributed by atoms with Crippen molar-refractivity contribution >= 4 is 52.1 Å². The summed E-state index contributed by atoms with van der Waals surface area (Å²) in [5.74, 6) is -0.589. The smallest absolute Gasteiger partial charge is 0.267 e. The van der Waals surface area contributed by atoms with E-state index in [1.54, 1.807) is 24.3 Å². The van der Waals surface area contributed by atoms with Crippen molar-refractivity contribution in [2.75, 3.05) is 10.6 Å². The molecular formula is C17H12Cl3N3O. The molecule has 2 N–H and O–H groups in total. The zero-order valence-corrected chi connectivity index (χ0v) is 14.8. The van der Waals surface area contributed by atoms with Crippen LogP contribution in [-0.4, -0.2) is 5.91 Å². The number of nitriles is 1. The van der Waals surface area contributed by atoms with E-state index in [0.717, 1.165) is 5.56 Å². The second-order valence-electron chi connectivity index (χ2n) is 4.85. The van der Waals surface area contributed by atoms with E-state index in [1.807, 2.05) is 19.1 Å². The van der Waals surface area contributed by atoms with Gasteiger partial charge >= 0.3 is 0 Å². The minimum Gasteiger partial charge on any atom is -0.360 e.